The van der Waals surface area contributed by atoms with Crippen molar-refractivity contribution < 1.29 is 4.39 Å². The molecule has 21 heavy (non-hydrogen) atoms. The molecule has 0 unspecified atom stereocenters. The molecule has 0 N–H and O–H groups in total. The standard InChI is InChI=1S/C16H11BrClFN2/c1-8-3-9(2)5-10(4-8)16-20-14-12(15(18)21-16)6-11(17)7-13(14)19/h3-7H,1-2H3. The van der Waals surface area contributed by atoms with E-state index in [9.17, 15) is 4.39 Å². The minimum atomic E-state index is -0.422. The average molecular weight is 366 g/mol. The van der Waals surface area contributed by atoms with Gasteiger partial charge in [-0.05, 0) is 38.1 Å². The highest BCUT2D eigenvalue weighted by Crippen LogP contribution is 2.29. The van der Waals surface area contributed by atoms with E-state index in [2.05, 4.69) is 32.0 Å². The fourth-order valence-electron chi connectivity index (χ4n) is 2.35. The lowest BCUT2D eigenvalue weighted by atomic mass is 10.1. The van der Waals surface area contributed by atoms with E-state index in [1.54, 1.807) is 6.07 Å². The van der Waals surface area contributed by atoms with Gasteiger partial charge < -0.3 is 0 Å². The normalized spacial score (nSPS) is 11.1. The number of fused-ring (bicyclic) bond motifs is 1. The molecule has 0 aliphatic heterocycles. The predicted octanol–water partition coefficient (Wildman–Crippen LogP) is 5.47. The van der Waals surface area contributed by atoms with Gasteiger partial charge in [0.2, 0.25) is 0 Å². The summed E-state index contributed by atoms with van der Waals surface area (Å²) in [5, 5.41) is 0.742. The molecule has 0 atom stereocenters. The quantitative estimate of drug-likeness (QED) is 0.534. The Hall–Kier alpha value is -1.52. The molecule has 3 rings (SSSR count). The summed E-state index contributed by atoms with van der Waals surface area (Å²) >= 11 is 9.44. The first-order valence-corrected chi connectivity index (χ1v) is 7.52. The van der Waals surface area contributed by atoms with Gasteiger partial charge in [0.1, 0.15) is 10.7 Å². The van der Waals surface area contributed by atoms with Gasteiger partial charge in [-0.15, -0.1) is 0 Å². The minimum absolute atomic E-state index is 0.229. The third-order valence-electron chi connectivity index (χ3n) is 3.15. The predicted molar refractivity (Wildman–Crippen MR) is 87.1 cm³/mol. The molecule has 1 heterocycles. The van der Waals surface area contributed by atoms with Gasteiger partial charge in [-0.3, -0.25) is 0 Å². The average Bonchev–Trinajstić information content (AvgIpc) is 2.38. The van der Waals surface area contributed by atoms with E-state index >= 15 is 0 Å². The number of hydrogen-bond donors (Lipinski definition) is 0. The number of hydrogen-bond acceptors (Lipinski definition) is 2. The molecule has 106 valence electrons. The fraction of sp³-hybridized carbons (Fsp3) is 0.125. The van der Waals surface area contributed by atoms with E-state index in [1.807, 2.05) is 26.0 Å². The highest BCUT2D eigenvalue weighted by atomic mass is 79.9. The number of rotatable bonds is 1. The summed E-state index contributed by atoms with van der Waals surface area (Å²) in [6, 6.07) is 9.06. The second-order valence-corrected chi connectivity index (χ2v) is 6.27. The molecule has 2 aromatic carbocycles. The molecule has 0 amide bonds. The monoisotopic (exact) mass is 364 g/mol. The third kappa shape index (κ3) is 2.78. The highest BCUT2D eigenvalue weighted by Gasteiger charge is 2.13. The van der Waals surface area contributed by atoms with Crippen LogP contribution in [0.4, 0.5) is 4.39 Å². The summed E-state index contributed by atoms with van der Waals surface area (Å²) in [6.45, 7) is 3.99. The van der Waals surface area contributed by atoms with Crippen LogP contribution in [0.15, 0.2) is 34.8 Å². The van der Waals surface area contributed by atoms with Crippen molar-refractivity contribution in [2.24, 2.45) is 0 Å². The van der Waals surface area contributed by atoms with Crippen LogP contribution in [-0.4, -0.2) is 9.97 Å². The lowest BCUT2D eigenvalue weighted by Crippen LogP contribution is -1.95. The molecule has 3 aromatic rings. The van der Waals surface area contributed by atoms with E-state index in [1.165, 1.54) is 6.07 Å². The van der Waals surface area contributed by atoms with Crippen LogP contribution in [0.5, 0.6) is 0 Å². The zero-order valence-electron chi connectivity index (χ0n) is 11.4. The summed E-state index contributed by atoms with van der Waals surface area (Å²) in [4.78, 5) is 8.64. The first kappa shape index (κ1) is 14.4. The number of halogens is 3. The van der Waals surface area contributed by atoms with E-state index < -0.39 is 5.82 Å². The highest BCUT2D eigenvalue weighted by molar-refractivity contribution is 9.10. The van der Waals surface area contributed by atoms with Crippen molar-refractivity contribution in [2.45, 2.75) is 13.8 Å². The van der Waals surface area contributed by atoms with E-state index in [0.717, 1.165) is 16.7 Å². The Balaban J connectivity index is 2.30. The first-order valence-electron chi connectivity index (χ1n) is 6.35. The molecule has 0 radical (unpaired) electrons. The molecule has 0 fully saturated rings. The smallest absolute Gasteiger partial charge is 0.161 e. The van der Waals surface area contributed by atoms with Crippen molar-refractivity contribution in [1.29, 1.82) is 0 Å². The molecule has 5 heteroatoms. The number of aromatic nitrogens is 2. The Morgan fingerprint density at radius 3 is 2.33 bits per heavy atom. The summed E-state index contributed by atoms with van der Waals surface area (Å²) in [5.41, 5.74) is 3.26. The van der Waals surface area contributed by atoms with Crippen LogP contribution in [-0.2, 0) is 0 Å². The number of nitrogens with zero attached hydrogens (tertiary/aromatic N) is 2. The molecule has 0 saturated carbocycles. The van der Waals surface area contributed by atoms with Crippen molar-refractivity contribution >= 4 is 38.4 Å². The summed E-state index contributed by atoms with van der Waals surface area (Å²) < 4.78 is 14.7. The Morgan fingerprint density at radius 2 is 1.67 bits per heavy atom. The molecule has 0 saturated heterocycles. The van der Waals surface area contributed by atoms with Gasteiger partial charge >= 0.3 is 0 Å². The van der Waals surface area contributed by atoms with Crippen LogP contribution in [0.25, 0.3) is 22.3 Å². The summed E-state index contributed by atoms with van der Waals surface area (Å²) in [7, 11) is 0. The molecule has 0 aliphatic carbocycles. The van der Waals surface area contributed by atoms with Gasteiger partial charge in [0, 0.05) is 15.4 Å². The lowest BCUT2D eigenvalue weighted by Gasteiger charge is -2.08. The van der Waals surface area contributed by atoms with E-state index in [4.69, 9.17) is 11.6 Å². The minimum Gasteiger partial charge on any atom is -0.225 e. The Kier molecular flexibility index (Phi) is 3.68. The van der Waals surface area contributed by atoms with Gasteiger partial charge in [0.25, 0.3) is 0 Å². The molecule has 0 aliphatic rings. The van der Waals surface area contributed by atoms with Crippen molar-refractivity contribution in [3.8, 4) is 11.4 Å². The number of benzene rings is 2. The van der Waals surface area contributed by atoms with Gasteiger partial charge in [0.05, 0.1) is 0 Å². The summed E-state index contributed by atoms with van der Waals surface area (Å²) in [6.07, 6.45) is 0. The van der Waals surface area contributed by atoms with Crippen LogP contribution < -0.4 is 0 Å². The van der Waals surface area contributed by atoms with E-state index in [-0.39, 0.29) is 10.7 Å². The van der Waals surface area contributed by atoms with Gasteiger partial charge in [-0.2, -0.15) is 0 Å². The Bertz CT molecular complexity index is 844. The molecule has 0 spiro atoms. The maximum Gasteiger partial charge on any atom is 0.161 e. The third-order valence-corrected chi connectivity index (χ3v) is 3.90. The first-order chi connectivity index (χ1) is 9.94. The summed E-state index contributed by atoms with van der Waals surface area (Å²) in [5.74, 6) is 0.00909. The lowest BCUT2D eigenvalue weighted by molar-refractivity contribution is 0.636. The maximum absolute atomic E-state index is 14.1. The molecular weight excluding hydrogens is 355 g/mol. The topological polar surface area (TPSA) is 25.8 Å². The van der Waals surface area contributed by atoms with Crippen LogP contribution in [0.3, 0.4) is 0 Å². The van der Waals surface area contributed by atoms with Crippen molar-refractivity contribution in [3.63, 3.8) is 0 Å². The molecule has 2 nitrogen and oxygen atoms in total. The SMILES string of the molecule is Cc1cc(C)cc(-c2nc(Cl)c3cc(Br)cc(F)c3n2)c1. The van der Waals surface area contributed by atoms with Crippen LogP contribution >= 0.6 is 27.5 Å². The zero-order chi connectivity index (χ0) is 15.1. The van der Waals surface area contributed by atoms with Gasteiger partial charge in [-0.1, -0.05) is 44.7 Å². The second-order valence-electron chi connectivity index (χ2n) is 5.00. The molecule has 1 aromatic heterocycles. The zero-order valence-corrected chi connectivity index (χ0v) is 13.8. The van der Waals surface area contributed by atoms with Crippen molar-refractivity contribution in [1.82, 2.24) is 9.97 Å². The van der Waals surface area contributed by atoms with Crippen LogP contribution in [0.1, 0.15) is 11.1 Å². The largest absolute Gasteiger partial charge is 0.225 e. The second kappa shape index (κ2) is 5.35. The van der Waals surface area contributed by atoms with Gasteiger partial charge in [0.15, 0.2) is 11.6 Å². The van der Waals surface area contributed by atoms with Crippen LogP contribution in [0.2, 0.25) is 5.15 Å². The van der Waals surface area contributed by atoms with Crippen molar-refractivity contribution in [2.75, 3.05) is 0 Å². The molecule has 0 bridgehead atoms. The Labute approximate surface area is 135 Å². The fourth-order valence-corrected chi connectivity index (χ4v) is 3.01. The Morgan fingerprint density at radius 1 is 1.00 bits per heavy atom. The molecular formula is C16H11BrClFN2. The van der Waals surface area contributed by atoms with E-state index in [0.29, 0.717) is 15.7 Å². The maximum atomic E-state index is 14.1. The van der Waals surface area contributed by atoms with Crippen molar-refractivity contribution in [3.05, 3.63) is 56.9 Å². The number of aryl methyl sites for hydroxylation is 2. The van der Waals surface area contributed by atoms with Crippen LogP contribution in [0, 0.1) is 19.7 Å². The van der Waals surface area contributed by atoms with Gasteiger partial charge in [-0.25, -0.2) is 14.4 Å².